The van der Waals surface area contributed by atoms with Crippen LogP contribution in [0.5, 0.6) is 0 Å². The van der Waals surface area contributed by atoms with Crippen LogP contribution in [0.2, 0.25) is 0 Å². The molecule has 25 heavy (non-hydrogen) atoms. The van der Waals surface area contributed by atoms with Gasteiger partial charge >= 0.3 is 0 Å². The molecule has 0 atom stereocenters. The van der Waals surface area contributed by atoms with E-state index in [1.165, 1.54) is 146 Å². The van der Waals surface area contributed by atoms with Gasteiger partial charge in [-0.2, -0.15) is 0 Å². The molecule has 1 saturated heterocycles. The van der Waals surface area contributed by atoms with Gasteiger partial charge in [0.2, 0.25) is 0 Å². The Bertz CT molecular complexity index is 265. The fraction of sp³-hybridized carbons (Fsp3) is 1.00. The molecule has 1 aliphatic rings. The lowest BCUT2D eigenvalue weighted by Crippen LogP contribution is -2.49. The Hall–Kier alpha value is -0.0400. The van der Waals surface area contributed by atoms with Crippen molar-refractivity contribution in [2.24, 2.45) is 0 Å². The van der Waals surface area contributed by atoms with Crippen LogP contribution in [-0.4, -0.2) is 30.7 Å². The zero-order valence-electron chi connectivity index (χ0n) is 18.0. The Labute approximate surface area is 160 Å². The summed E-state index contributed by atoms with van der Waals surface area (Å²) >= 11 is 0. The van der Waals surface area contributed by atoms with Gasteiger partial charge in [0.15, 0.2) is 0 Å². The van der Waals surface area contributed by atoms with Crippen LogP contribution < -0.4 is 0 Å². The van der Waals surface area contributed by atoms with Gasteiger partial charge < -0.3 is 4.48 Å². The standard InChI is InChI=1S/C24H50N/c1-3-5-6-7-8-9-10-11-12-13-14-15-16-19-22-25(4-2)23-20-17-18-21-24-25/h3-24H2,1-2H3/q+1. The van der Waals surface area contributed by atoms with Gasteiger partial charge in [0.25, 0.3) is 0 Å². The molecular weight excluding hydrogens is 302 g/mol. The first-order valence-corrected chi connectivity index (χ1v) is 12.2. The van der Waals surface area contributed by atoms with E-state index in [0.29, 0.717) is 0 Å². The smallest absolute Gasteiger partial charge is 0.0786 e. The molecule has 0 aromatic carbocycles. The lowest BCUT2D eigenvalue weighted by molar-refractivity contribution is -0.926. The second-order valence-corrected chi connectivity index (χ2v) is 8.84. The molecule has 1 rings (SSSR count). The van der Waals surface area contributed by atoms with Gasteiger partial charge in [0.1, 0.15) is 0 Å². The molecule has 0 spiro atoms. The van der Waals surface area contributed by atoms with Crippen LogP contribution in [0.25, 0.3) is 0 Å². The Balaban J connectivity index is 1.85. The van der Waals surface area contributed by atoms with Crippen LogP contribution in [-0.2, 0) is 0 Å². The minimum Gasteiger partial charge on any atom is -0.324 e. The average molecular weight is 353 g/mol. The summed E-state index contributed by atoms with van der Waals surface area (Å²) < 4.78 is 1.44. The Kier molecular flexibility index (Phi) is 14.9. The molecule has 0 saturated carbocycles. The molecule has 150 valence electrons. The van der Waals surface area contributed by atoms with Gasteiger partial charge in [0.05, 0.1) is 26.2 Å². The highest BCUT2D eigenvalue weighted by Gasteiger charge is 2.25. The predicted octanol–water partition coefficient (Wildman–Crippen LogP) is 7.88. The third-order valence-corrected chi connectivity index (χ3v) is 6.67. The van der Waals surface area contributed by atoms with E-state index in [9.17, 15) is 0 Å². The molecule has 0 aliphatic carbocycles. The minimum absolute atomic E-state index is 1.37. The van der Waals surface area contributed by atoms with Crippen molar-refractivity contribution < 1.29 is 4.48 Å². The van der Waals surface area contributed by atoms with Crippen molar-refractivity contribution in [3.05, 3.63) is 0 Å². The molecule has 1 heterocycles. The molecule has 1 aliphatic heterocycles. The van der Waals surface area contributed by atoms with E-state index in [1.54, 1.807) is 0 Å². The second-order valence-electron chi connectivity index (χ2n) is 8.84. The van der Waals surface area contributed by atoms with Gasteiger partial charge in [-0.15, -0.1) is 0 Å². The highest BCUT2D eigenvalue weighted by molar-refractivity contribution is 4.55. The van der Waals surface area contributed by atoms with Crippen molar-refractivity contribution >= 4 is 0 Å². The fourth-order valence-corrected chi connectivity index (χ4v) is 4.70. The molecule has 1 nitrogen and oxygen atoms in total. The van der Waals surface area contributed by atoms with Gasteiger partial charge in [-0.25, -0.2) is 0 Å². The molecule has 0 aromatic rings. The molecule has 0 unspecified atom stereocenters. The van der Waals surface area contributed by atoms with E-state index < -0.39 is 0 Å². The molecule has 0 amide bonds. The monoisotopic (exact) mass is 352 g/mol. The third kappa shape index (κ3) is 12.1. The van der Waals surface area contributed by atoms with E-state index in [4.69, 9.17) is 0 Å². The van der Waals surface area contributed by atoms with Crippen LogP contribution in [0, 0.1) is 0 Å². The maximum Gasteiger partial charge on any atom is 0.0786 e. The largest absolute Gasteiger partial charge is 0.324 e. The van der Waals surface area contributed by atoms with E-state index in [-0.39, 0.29) is 0 Å². The molecule has 1 heteroatoms. The molecule has 0 aromatic heterocycles. The van der Waals surface area contributed by atoms with E-state index in [0.717, 1.165) is 0 Å². The molecular formula is C24H50N+. The van der Waals surface area contributed by atoms with Gasteiger partial charge in [-0.3, -0.25) is 0 Å². The lowest BCUT2D eigenvalue weighted by Gasteiger charge is -2.37. The highest BCUT2D eigenvalue weighted by atomic mass is 15.3. The molecule has 1 fully saturated rings. The molecule has 0 N–H and O–H groups in total. The Morgan fingerprint density at radius 3 is 1.28 bits per heavy atom. The number of unbranched alkanes of at least 4 members (excludes halogenated alkanes) is 13. The van der Waals surface area contributed by atoms with Crippen molar-refractivity contribution in [1.82, 2.24) is 0 Å². The summed E-state index contributed by atoms with van der Waals surface area (Å²) in [4.78, 5) is 0. The predicted molar refractivity (Wildman–Crippen MR) is 114 cm³/mol. The number of hydrogen-bond donors (Lipinski definition) is 0. The summed E-state index contributed by atoms with van der Waals surface area (Å²) in [6.07, 6.45) is 26.6. The quantitative estimate of drug-likeness (QED) is 0.196. The minimum atomic E-state index is 1.37. The van der Waals surface area contributed by atoms with E-state index in [2.05, 4.69) is 13.8 Å². The summed E-state index contributed by atoms with van der Waals surface area (Å²) in [7, 11) is 0. The second kappa shape index (κ2) is 16.2. The first kappa shape index (κ1) is 23.0. The third-order valence-electron chi connectivity index (χ3n) is 6.67. The zero-order chi connectivity index (χ0) is 18.1. The van der Waals surface area contributed by atoms with Gasteiger partial charge in [-0.1, -0.05) is 84.0 Å². The fourth-order valence-electron chi connectivity index (χ4n) is 4.70. The first-order valence-electron chi connectivity index (χ1n) is 12.2. The zero-order valence-corrected chi connectivity index (χ0v) is 18.0. The highest BCUT2D eigenvalue weighted by Crippen LogP contribution is 2.20. The maximum atomic E-state index is 2.43. The van der Waals surface area contributed by atoms with Crippen molar-refractivity contribution in [2.45, 2.75) is 129 Å². The van der Waals surface area contributed by atoms with E-state index >= 15 is 0 Å². The van der Waals surface area contributed by atoms with Crippen LogP contribution in [0.15, 0.2) is 0 Å². The number of likely N-dealkylation sites (tertiary alicyclic amines) is 1. The van der Waals surface area contributed by atoms with Gasteiger partial charge in [0, 0.05) is 0 Å². The first-order chi connectivity index (χ1) is 12.3. The number of rotatable bonds is 16. The van der Waals surface area contributed by atoms with Crippen LogP contribution in [0.1, 0.15) is 129 Å². The molecule has 0 radical (unpaired) electrons. The Morgan fingerprint density at radius 1 is 0.480 bits per heavy atom. The van der Waals surface area contributed by atoms with Crippen molar-refractivity contribution in [2.75, 3.05) is 26.2 Å². The number of nitrogens with zero attached hydrogens (tertiary/aromatic N) is 1. The summed E-state index contributed by atoms with van der Waals surface area (Å²) in [5.41, 5.74) is 0. The Morgan fingerprint density at radius 2 is 0.880 bits per heavy atom. The summed E-state index contributed by atoms with van der Waals surface area (Å²) in [5, 5.41) is 0. The van der Waals surface area contributed by atoms with Crippen molar-refractivity contribution in [3.8, 4) is 0 Å². The van der Waals surface area contributed by atoms with Crippen molar-refractivity contribution in [3.63, 3.8) is 0 Å². The maximum absolute atomic E-state index is 2.43. The van der Waals surface area contributed by atoms with Crippen molar-refractivity contribution in [1.29, 1.82) is 0 Å². The van der Waals surface area contributed by atoms with E-state index in [1.807, 2.05) is 0 Å². The average Bonchev–Trinajstić information content (AvgIpc) is 2.88. The van der Waals surface area contributed by atoms with Gasteiger partial charge in [-0.05, 0) is 45.4 Å². The van der Waals surface area contributed by atoms with Crippen LogP contribution in [0.3, 0.4) is 0 Å². The summed E-state index contributed by atoms with van der Waals surface area (Å²) in [6, 6.07) is 0. The summed E-state index contributed by atoms with van der Waals surface area (Å²) in [6.45, 7) is 10.5. The van der Waals surface area contributed by atoms with Crippen LogP contribution >= 0.6 is 0 Å². The number of hydrogen-bond acceptors (Lipinski definition) is 0. The SMILES string of the molecule is CCCCCCCCCCCCCCCC[N+]1(CC)CCCCCC1. The normalized spacial score (nSPS) is 17.5. The number of quaternary nitrogens is 1. The molecule has 0 bridgehead atoms. The lowest BCUT2D eigenvalue weighted by atomic mass is 10.0. The topological polar surface area (TPSA) is 0 Å². The van der Waals surface area contributed by atoms with Crippen LogP contribution in [0.4, 0.5) is 0 Å². The summed E-state index contributed by atoms with van der Waals surface area (Å²) in [5.74, 6) is 0.